The van der Waals surface area contributed by atoms with E-state index >= 15 is 0 Å². The third-order valence-corrected chi connectivity index (χ3v) is 5.01. The topological polar surface area (TPSA) is 66.3 Å². The summed E-state index contributed by atoms with van der Waals surface area (Å²) in [4.78, 5) is 24.9. The van der Waals surface area contributed by atoms with Crippen molar-refractivity contribution in [3.63, 3.8) is 0 Å². The van der Waals surface area contributed by atoms with Crippen LogP contribution in [0.2, 0.25) is 5.02 Å². The number of nitrogens with one attached hydrogen (secondary N) is 1. The number of rotatable bonds is 4. The molecule has 0 atom stereocenters. The Morgan fingerprint density at radius 1 is 1.28 bits per heavy atom. The number of imidazole rings is 1. The number of carbonyl (C=O) groups is 1. The summed E-state index contributed by atoms with van der Waals surface area (Å²) in [6.45, 7) is 3.27. The summed E-state index contributed by atoms with van der Waals surface area (Å²) in [7, 11) is 0. The molecule has 0 bridgehead atoms. The molecule has 2 aliphatic rings. The van der Waals surface area contributed by atoms with Crippen LogP contribution >= 0.6 is 11.6 Å². The molecule has 7 nitrogen and oxygen atoms in total. The minimum Gasteiger partial charge on any atom is -0.352 e. The first-order valence-electron chi connectivity index (χ1n) is 8.61. The zero-order valence-electron chi connectivity index (χ0n) is 13.9. The summed E-state index contributed by atoms with van der Waals surface area (Å²) in [5, 5.41) is 3.66. The van der Waals surface area contributed by atoms with Gasteiger partial charge in [-0.25, -0.2) is 14.8 Å². The molecule has 2 aromatic rings. The van der Waals surface area contributed by atoms with Crippen LogP contribution in [0.5, 0.6) is 0 Å². The fraction of sp³-hybridized carbons (Fsp3) is 0.471. The van der Waals surface area contributed by atoms with Gasteiger partial charge in [0.05, 0.1) is 23.6 Å². The van der Waals surface area contributed by atoms with E-state index < -0.39 is 0 Å². The lowest BCUT2D eigenvalue weighted by molar-refractivity contribution is 0.193. The molecule has 2 aromatic heterocycles. The van der Waals surface area contributed by atoms with Crippen LogP contribution in [-0.4, -0.2) is 51.6 Å². The van der Waals surface area contributed by atoms with Crippen molar-refractivity contribution < 1.29 is 4.79 Å². The fourth-order valence-electron chi connectivity index (χ4n) is 3.16. The van der Waals surface area contributed by atoms with Crippen molar-refractivity contribution in [2.75, 3.05) is 31.1 Å². The number of halogens is 1. The highest BCUT2D eigenvalue weighted by atomic mass is 35.5. The highest BCUT2D eigenvalue weighted by Crippen LogP contribution is 2.35. The molecular weight excluding hydrogens is 340 g/mol. The monoisotopic (exact) mass is 360 g/mol. The van der Waals surface area contributed by atoms with Gasteiger partial charge in [-0.1, -0.05) is 11.6 Å². The smallest absolute Gasteiger partial charge is 0.317 e. The first kappa shape index (κ1) is 16.2. The van der Waals surface area contributed by atoms with E-state index in [9.17, 15) is 4.79 Å². The van der Waals surface area contributed by atoms with Crippen LogP contribution < -0.4 is 10.2 Å². The molecule has 8 heteroatoms. The van der Waals surface area contributed by atoms with E-state index in [0.717, 1.165) is 24.6 Å². The minimum atomic E-state index is -0.0321. The van der Waals surface area contributed by atoms with Crippen LogP contribution in [0.1, 0.15) is 24.6 Å². The molecule has 3 heterocycles. The maximum Gasteiger partial charge on any atom is 0.317 e. The van der Waals surface area contributed by atoms with Gasteiger partial charge in [0.2, 0.25) is 0 Å². The molecule has 0 unspecified atom stereocenters. The zero-order chi connectivity index (χ0) is 17.2. The molecule has 4 rings (SSSR count). The number of urea groups is 1. The van der Waals surface area contributed by atoms with E-state index in [0.29, 0.717) is 30.7 Å². The molecule has 1 aliphatic heterocycles. The molecule has 0 radical (unpaired) electrons. The van der Waals surface area contributed by atoms with Crippen LogP contribution in [0.3, 0.4) is 0 Å². The van der Waals surface area contributed by atoms with Crippen LogP contribution in [-0.2, 0) is 6.54 Å². The van der Waals surface area contributed by atoms with Crippen LogP contribution in [0.25, 0.3) is 0 Å². The normalized spacial score (nSPS) is 17.6. The second-order valence-electron chi connectivity index (χ2n) is 6.47. The maximum absolute atomic E-state index is 12.4. The van der Waals surface area contributed by atoms with Crippen molar-refractivity contribution in [1.29, 1.82) is 0 Å². The number of anilines is 1. The van der Waals surface area contributed by atoms with Gasteiger partial charge >= 0.3 is 6.03 Å². The lowest BCUT2D eigenvalue weighted by atomic mass is 10.3. The Balaban J connectivity index is 1.29. The third kappa shape index (κ3) is 3.56. The quantitative estimate of drug-likeness (QED) is 0.908. The lowest BCUT2D eigenvalue weighted by Gasteiger charge is -2.35. The Bertz CT molecular complexity index is 751. The fourth-order valence-corrected chi connectivity index (χ4v) is 3.40. The van der Waals surface area contributed by atoms with Crippen molar-refractivity contribution in [2.24, 2.45) is 0 Å². The Morgan fingerprint density at radius 3 is 2.80 bits per heavy atom. The summed E-state index contributed by atoms with van der Waals surface area (Å²) in [5.74, 6) is 0.789. The SMILES string of the molecule is O=C(NCc1cncn1C1CC1)N1CCN(c2ncccc2Cl)CC1. The molecule has 2 fully saturated rings. The molecule has 1 aliphatic carbocycles. The Hall–Kier alpha value is -2.28. The number of hydrogen-bond acceptors (Lipinski definition) is 4. The van der Waals surface area contributed by atoms with Crippen molar-refractivity contribution in [2.45, 2.75) is 25.4 Å². The van der Waals surface area contributed by atoms with Gasteiger partial charge in [-0.05, 0) is 25.0 Å². The average Bonchev–Trinajstić information content (AvgIpc) is 3.38. The molecule has 0 spiro atoms. The van der Waals surface area contributed by atoms with Gasteiger partial charge in [0, 0.05) is 44.6 Å². The second kappa shape index (κ2) is 6.92. The second-order valence-corrected chi connectivity index (χ2v) is 6.87. The Morgan fingerprint density at radius 2 is 2.08 bits per heavy atom. The Kier molecular flexibility index (Phi) is 4.48. The summed E-state index contributed by atoms with van der Waals surface area (Å²) < 4.78 is 2.17. The van der Waals surface area contributed by atoms with E-state index in [2.05, 4.69) is 24.8 Å². The van der Waals surface area contributed by atoms with Crippen LogP contribution in [0.15, 0.2) is 30.9 Å². The standard InChI is InChI=1S/C17H21ClN6O/c18-15-2-1-5-20-16(15)22-6-8-23(9-7-22)17(25)21-11-14-10-19-12-24(14)13-3-4-13/h1-2,5,10,12-13H,3-4,6-9,11H2,(H,21,25). The number of hydrogen-bond donors (Lipinski definition) is 1. The van der Waals surface area contributed by atoms with Crippen molar-refractivity contribution in [3.8, 4) is 0 Å². The predicted octanol–water partition coefficient (Wildman–Crippen LogP) is 2.30. The highest BCUT2D eigenvalue weighted by molar-refractivity contribution is 6.32. The first-order valence-corrected chi connectivity index (χ1v) is 8.99. The van der Waals surface area contributed by atoms with Gasteiger partial charge in [-0.2, -0.15) is 0 Å². The Labute approximate surface area is 151 Å². The van der Waals surface area contributed by atoms with Crippen molar-refractivity contribution in [1.82, 2.24) is 24.8 Å². The van der Waals surface area contributed by atoms with Gasteiger partial charge in [0.15, 0.2) is 0 Å². The zero-order valence-corrected chi connectivity index (χ0v) is 14.7. The number of piperazine rings is 1. The number of carbonyl (C=O) groups excluding carboxylic acids is 1. The van der Waals surface area contributed by atoms with Gasteiger partial charge in [-0.15, -0.1) is 0 Å². The maximum atomic E-state index is 12.4. The summed E-state index contributed by atoms with van der Waals surface area (Å²) in [6, 6.07) is 4.20. The molecule has 1 saturated carbocycles. The van der Waals surface area contributed by atoms with Gasteiger partial charge in [0.25, 0.3) is 0 Å². The van der Waals surface area contributed by atoms with E-state index in [1.54, 1.807) is 6.20 Å². The van der Waals surface area contributed by atoms with Gasteiger partial charge in [0.1, 0.15) is 5.82 Å². The van der Waals surface area contributed by atoms with Crippen LogP contribution in [0.4, 0.5) is 10.6 Å². The van der Waals surface area contributed by atoms with Crippen molar-refractivity contribution in [3.05, 3.63) is 41.6 Å². The molecular formula is C17H21ClN6O. The van der Waals surface area contributed by atoms with Gasteiger partial charge in [-0.3, -0.25) is 0 Å². The van der Waals surface area contributed by atoms with Crippen molar-refractivity contribution >= 4 is 23.4 Å². The molecule has 132 valence electrons. The number of nitrogens with zero attached hydrogens (tertiary/aromatic N) is 5. The number of aromatic nitrogens is 3. The summed E-state index contributed by atoms with van der Waals surface area (Å²) >= 11 is 6.20. The molecule has 1 saturated heterocycles. The summed E-state index contributed by atoms with van der Waals surface area (Å²) in [5.41, 5.74) is 1.06. The molecule has 25 heavy (non-hydrogen) atoms. The van der Waals surface area contributed by atoms with E-state index in [-0.39, 0.29) is 6.03 Å². The molecule has 0 aromatic carbocycles. The summed E-state index contributed by atoms with van der Waals surface area (Å²) in [6.07, 6.45) is 7.84. The molecule has 2 amide bonds. The van der Waals surface area contributed by atoms with Crippen LogP contribution in [0, 0.1) is 0 Å². The third-order valence-electron chi connectivity index (χ3n) is 4.71. The average molecular weight is 361 g/mol. The number of amides is 2. The lowest BCUT2D eigenvalue weighted by Crippen LogP contribution is -2.52. The minimum absolute atomic E-state index is 0.0321. The highest BCUT2D eigenvalue weighted by Gasteiger charge is 2.26. The predicted molar refractivity (Wildman–Crippen MR) is 95.8 cm³/mol. The molecule has 1 N–H and O–H groups in total. The van der Waals surface area contributed by atoms with Gasteiger partial charge < -0.3 is 19.7 Å². The number of pyridine rings is 1. The van der Waals surface area contributed by atoms with E-state index in [1.807, 2.05) is 29.6 Å². The van der Waals surface area contributed by atoms with E-state index in [1.165, 1.54) is 12.8 Å². The van der Waals surface area contributed by atoms with E-state index in [4.69, 9.17) is 11.6 Å². The first-order chi connectivity index (χ1) is 12.2. The largest absolute Gasteiger partial charge is 0.352 e.